The molecule has 3 heterocycles. The smallest absolute Gasteiger partial charge is 0.261 e. The summed E-state index contributed by atoms with van der Waals surface area (Å²) in [5.41, 5.74) is 3.08. The molecule has 5 rings (SSSR count). The molecule has 1 aliphatic heterocycles. The molecule has 0 radical (unpaired) electrons. The number of unbranched alkanes of at least 4 members (excludes halogenated alkanes) is 1. The number of carbonyl (C=O) groups is 2. The highest BCUT2D eigenvalue weighted by Crippen LogP contribution is 2.25. The molecular formula is C23H22N6O2S. The Morgan fingerprint density at radius 2 is 1.59 bits per heavy atom. The minimum Gasteiger partial charge on any atom is -0.378 e. The second-order valence-corrected chi connectivity index (χ2v) is 8.96. The average molecular weight is 447 g/mol. The van der Waals surface area contributed by atoms with Crippen LogP contribution < -0.4 is 4.90 Å². The van der Waals surface area contributed by atoms with Gasteiger partial charge in [-0.15, -0.1) is 10.2 Å². The lowest BCUT2D eigenvalue weighted by Gasteiger charge is -2.13. The number of aryl methyl sites for hydroxylation is 1. The minimum absolute atomic E-state index is 0.200. The van der Waals surface area contributed by atoms with Crippen LogP contribution in [0.25, 0.3) is 16.3 Å². The number of carbonyl (C=O) groups excluding carboxylic acids is 2. The first-order chi connectivity index (χ1) is 15.5. The van der Waals surface area contributed by atoms with Crippen molar-refractivity contribution in [3.8, 4) is 11.4 Å². The largest absolute Gasteiger partial charge is 0.378 e. The molecule has 0 atom stereocenters. The summed E-state index contributed by atoms with van der Waals surface area (Å²) in [5, 5.41) is 14.2. The van der Waals surface area contributed by atoms with Crippen LogP contribution in [0, 0.1) is 0 Å². The van der Waals surface area contributed by atoms with Gasteiger partial charge in [0.1, 0.15) is 5.01 Å². The maximum absolute atomic E-state index is 12.5. The van der Waals surface area contributed by atoms with Gasteiger partial charge in [-0.2, -0.15) is 9.61 Å². The monoisotopic (exact) mass is 446 g/mol. The number of benzene rings is 2. The Hall–Kier alpha value is -3.59. The number of imide groups is 1. The molecule has 1 aliphatic rings. The van der Waals surface area contributed by atoms with Crippen LogP contribution in [0.2, 0.25) is 0 Å². The minimum atomic E-state index is -0.200. The molecule has 2 aromatic carbocycles. The second-order valence-electron chi connectivity index (χ2n) is 7.92. The highest BCUT2D eigenvalue weighted by atomic mass is 32.1. The van der Waals surface area contributed by atoms with Gasteiger partial charge in [-0.3, -0.25) is 14.5 Å². The molecule has 0 saturated carbocycles. The van der Waals surface area contributed by atoms with Gasteiger partial charge in [0.05, 0.1) is 11.1 Å². The van der Waals surface area contributed by atoms with Crippen molar-refractivity contribution in [2.75, 3.05) is 25.5 Å². The van der Waals surface area contributed by atoms with Gasteiger partial charge in [0.15, 0.2) is 5.82 Å². The number of fused-ring (bicyclic) bond motifs is 2. The van der Waals surface area contributed by atoms with E-state index in [1.807, 2.05) is 43.3 Å². The lowest BCUT2D eigenvalue weighted by molar-refractivity contribution is 0.0652. The fourth-order valence-electron chi connectivity index (χ4n) is 3.83. The fourth-order valence-corrected chi connectivity index (χ4v) is 4.71. The van der Waals surface area contributed by atoms with E-state index >= 15 is 0 Å². The van der Waals surface area contributed by atoms with E-state index in [2.05, 4.69) is 10.2 Å². The molecule has 0 aliphatic carbocycles. The Balaban J connectivity index is 1.22. The zero-order chi connectivity index (χ0) is 22.2. The number of rotatable bonds is 7. The Morgan fingerprint density at radius 3 is 2.25 bits per heavy atom. The molecule has 2 amide bonds. The Kier molecular flexibility index (Phi) is 5.18. The van der Waals surface area contributed by atoms with Crippen molar-refractivity contribution in [1.29, 1.82) is 0 Å². The highest BCUT2D eigenvalue weighted by Gasteiger charge is 2.34. The van der Waals surface area contributed by atoms with Crippen LogP contribution in [0.4, 0.5) is 5.69 Å². The molecule has 0 fully saturated rings. The quantitative estimate of drug-likeness (QED) is 0.319. The summed E-state index contributed by atoms with van der Waals surface area (Å²) < 4.78 is 1.79. The highest BCUT2D eigenvalue weighted by molar-refractivity contribution is 7.16. The Labute approximate surface area is 189 Å². The predicted molar refractivity (Wildman–Crippen MR) is 123 cm³/mol. The van der Waals surface area contributed by atoms with E-state index in [1.54, 1.807) is 28.8 Å². The maximum Gasteiger partial charge on any atom is 0.261 e. The molecule has 0 saturated heterocycles. The second kappa shape index (κ2) is 8.16. The average Bonchev–Trinajstić information content (AvgIpc) is 3.45. The first kappa shape index (κ1) is 20.3. The first-order valence-corrected chi connectivity index (χ1v) is 11.3. The summed E-state index contributed by atoms with van der Waals surface area (Å²) in [7, 11) is 4.01. The van der Waals surface area contributed by atoms with E-state index in [0.717, 1.165) is 46.3 Å². The standard InChI is InChI=1S/C23H22N6O2S/c1-27(2)16-12-10-15(11-13-16)20-24-25-23-29(20)26-19(32-23)9-5-6-14-28-21(30)17-7-3-4-8-18(17)22(28)31/h3-4,7-8,10-13H,5-6,9,14H2,1-2H3. The molecule has 0 bridgehead atoms. The predicted octanol–water partition coefficient (Wildman–Crippen LogP) is 3.54. The summed E-state index contributed by atoms with van der Waals surface area (Å²) in [5.74, 6) is 0.322. The van der Waals surface area contributed by atoms with Gasteiger partial charge in [0.2, 0.25) is 4.96 Å². The molecule has 0 spiro atoms. The Bertz CT molecular complexity index is 1270. The third kappa shape index (κ3) is 3.54. The van der Waals surface area contributed by atoms with Gasteiger partial charge in [-0.25, -0.2) is 0 Å². The van der Waals surface area contributed by atoms with E-state index in [1.165, 1.54) is 16.2 Å². The lowest BCUT2D eigenvalue weighted by atomic mass is 10.1. The Morgan fingerprint density at radius 1 is 0.906 bits per heavy atom. The van der Waals surface area contributed by atoms with Crippen molar-refractivity contribution >= 4 is 33.8 Å². The molecule has 4 aromatic rings. The van der Waals surface area contributed by atoms with Crippen molar-refractivity contribution in [3.63, 3.8) is 0 Å². The number of anilines is 1. The van der Waals surface area contributed by atoms with Crippen molar-refractivity contribution < 1.29 is 9.59 Å². The molecule has 162 valence electrons. The van der Waals surface area contributed by atoms with E-state index in [-0.39, 0.29) is 11.8 Å². The topological polar surface area (TPSA) is 83.7 Å². The van der Waals surface area contributed by atoms with Crippen LogP contribution in [0.3, 0.4) is 0 Å². The van der Waals surface area contributed by atoms with Gasteiger partial charge in [0, 0.05) is 38.3 Å². The van der Waals surface area contributed by atoms with Crippen LogP contribution in [-0.2, 0) is 6.42 Å². The van der Waals surface area contributed by atoms with Crippen LogP contribution in [0.5, 0.6) is 0 Å². The van der Waals surface area contributed by atoms with E-state index in [4.69, 9.17) is 5.10 Å². The number of hydrogen-bond acceptors (Lipinski definition) is 7. The van der Waals surface area contributed by atoms with Gasteiger partial charge < -0.3 is 4.90 Å². The van der Waals surface area contributed by atoms with Gasteiger partial charge >= 0.3 is 0 Å². The van der Waals surface area contributed by atoms with Crippen LogP contribution in [-0.4, -0.2) is 57.2 Å². The zero-order valence-electron chi connectivity index (χ0n) is 17.9. The van der Waals surface area contributed by atoms with E-state index < -0.39 is 0 Å². The third-order valence-electron chi connectivity index (χ3n) is 5.58. The maximum atomic E-state index is 12.5. The molecule has 32 heavy (non-hydrogen) atoms. The number of hydrogen-bond donors (Lipinski definition) is 0. The lowest BCUT2D eigenvalue weighted by Crippen LogP contribution is -2.30. The zero-order valence-corrected chi connectivity index (χ0v) is 18.7. The summed E-state index contributed by atoms with van der Waals surface area (Å²) >= 11 is 1.52. The molecule has 0 unspecified atom stereocenters. The summed E-state index contributed by atoms with van der Waals surface area (Å²) in [4.78, 5) is 29.1. The van der Waals surface area contributed by atoms with Crippen LogP contribution >= 0.6 is 11.3 Å². The normalized spacial score (nSPS) is 13.2. The number of nitrogens with zero attached hydrogens (tertiary/aromatic N) is 6. The molecule has 0 N–H and O–H groups in total. The molecular weight excluding hydrogens is 424 g/mol. The fraction of sp³-hybridized carbons (Fsp3) is 0.261. The SMILES string of the molecule is CN(C)c1ccc(-c2nnc3sc(CCCCN4C(=O)c5ccccc5C4=O)nn23)cc1. The number of aromatic nitrogens is 4. The van der Waals surface area contributed by atoms with Crippen LogP contribution in [0.1, 0.15) is 38.6 Å². The van der Waals surface area contributed by atoms with Crippen molar-refractivity contribution in [1.82, 2.24) is 24.7 Å². The van der Waals surface area contributed by atoms with Gasteiger partial charge in [0.25, 0.3) is 11.8 Å². The van der Waals surface area contributed by atoms with Gasteiger partial charge in [-0.1, -0.05) is 23.5 Å². The summed E-state index contributed by atoms with van der Waals surface area (Å²) in [6, 6.07) is 15.1. The van der Waals surface area contributed by atoms with Crippen LogP contribution in [0.15, 0.2) is 48.5 Å². The molecule has 9 heteroatoms. The first-order valence-electron chi connectivity index (χ1n) is 10.5. The molecule has 8 nitrogen and oxygen atoms in total. The van der Waals surface area contributed by atoms with Crippen molar-refractivity contribution in [3.05, 3.63) is 64.7 Å². The van der Waals surface area contributed by atoms with E-state index in [9.17, 15) is 9.59 Å². The summed E-state index contributed by atoms with van der Waals surface area (Å²) in [6.45, 7) is 0.417. The number of amides is 2. The third-order valence-corrected chi connectivity index (χ3v) is 6.53. The summed E-state index contributed by atoms with van der Waals surface area (Å²) in [6.07, 6.45) is 2.31. The van der Waals surface area contributed by atoms with Gasteiger partial charge in [-0.05, 0) is 49.2 Å². The van der Waals surface area contributed by atoms with Crippen molar-refractivity contribution in [2.45, 2.75) is 19.3 Å². The van der Waals surface area contributed by atoms with Crippen molar-refractivity contribution in [2.24, 2.45) is 0 Å². The van der Waals surface area contributed by atoms with E-state index in [0.29, 0.717) is 17.7 Å². The molecule has 2 aromatic heterocycles.